The molecule has 26 heavy (non-hydrogen) atoms. The molecule has 1 aromatic carbocycles. The first-order valence-corrected chi connectivity index (χ1v) is 10.6. The van der Waals surface area contributed by atoms with E-state index in [0.717, 1.165) is 19.3 Å². The zero-order chi connectivity index (χ0) is 19.2. The number of alkyl carbamates (subject to hydrolysis) is 1. The zero-order valence-corrected chi connectivity index (χ0v) is 16.9. The minimum Gasteiger partial charge on any atom is -0.444 e. The molecule has 2 aliphatic rings. The van der Waals surface area contributed by atoms with Gasteiger partial charge in [0.05, 0.1) is 4.90 Å². The van der Waals surface area contributed by atoms with Gasteiger partial charge >= 0.3 is 6.09 Å². The van der Waals surface area contributed by atoms with Gasteiger partial charge in [-0.3, -0.25) is 0 Å². The molecular weight excluding hydrogens is 376 g/mol. The fourth-order valence-corrected chi connectivity index (χ4v) is 5.05. The third kappa shape index (κ3) is 4.15. The van der Waals surface area contributed by atoms with Crippen LogP contribution in [0.5, 0.6) is 0 Å². The lowest BCUT2D eigenvalue weighted by atomic mass is 9.94. The average Bonchev–Trinajstić information content (AvgIpc) is 3.17. The fourth-order valence-electron chi connectivity index (χ4n) is 3.48. The number of benzene rings is 1. The van der Waals surface area contributed by atoms with E-state index in [2.05, 4.69) is 5.32 Å². The highest BCUT2D eigenvalue weighted by molar-refractivity contribution is 7.89. The molecule has 8 heteroatoms. The predicted molar refractivity (Wildman–Crippen MR) is 99.7 cm³/mol. The van der Waals surface area contributed by atoms with Crippen LogP contribution >= 0.6 is 11.6 Å². The second-order valence-corrected chi connectivity index (χ2v) is 10.5. The van der Waals surface area contributed by atoms with Crippen LogP contribution in [-0.4, -0.2) is 43.5 Å². The Bertz CT molecular complexity index is 778. The summed E-state index contributed by atoms with van der Waals surface area (Å²) in [5, 5.41) is 3.43. The number of carbonyl (C=O) groups excluding carboxylic acids is 1. The van der Waals surface area contributed by atoms with Crippen LogP contribution in [0.3, 0.4) is 0 Å². The van der Waals surface area contributed by atoms with E-state index in [9.17, 15) is 13.2 Å². The second-order valence-electron chi connectivity index (χ2n) is 8.12. The van der Waals surface area contributed by atoms with E-state index in [1.807, 2.05) is 20.8 Å². The van der Waals surface area contributed by atoms with Crippen molar-refractivity contribution in [2.45, 2.75) is 56.6 Å². The third-order valence-corrected chi connectivity index (χ3v) is 7.22. The van der Waals surface area contributed by atoms with Crippen LogP contribution in [0, 0.1) is 5.41 Å². The van der Waals surface area contributed by atoms with E-state index >= 15 is 0 Å². The van der Waals surface area contributed by atoms with Crippen LogP contribution in [0.1, 0.15) is 40.0 Å². The molecule has 1 aliphatic carbocycles. The molecule has 0 radical (unpaired) electrons. The smallest absolute Gasteiger partial charge is 0.407 e. The molecule has 1 atom stereocenters. The molecule has 1 aromatic rings. The Balaban J connectivity index is 1.57. The van der Waals surface area contributed by atoms with E-state index in [1.54, 1.807) is 12.1 Å². The van der Waals surface area contributed by atoms with Crippen molar-refractivity contribution in [3.8, 4) is 0 Å². The van der Waals surface area contributed by atoms with Crippen LogP contribution < -0.4 is 5.32 Å². The maximum Gasteiger partial charge on any atom is 0.407 e. The van der Waals surface area contributed by atoms with Gasteiger partial charge in [-0.1, -0.05) is 11.6 Å². The van der Waals surface area contributed by atoms with E-state index in [1.165, 1.54) is 16.4 Å². The number of hydrogen-bond donors (Lipinski definition) is 1. The highest BCUT2D eigenvalue weighted by atomic mass is 35.5. The quantitative estimate of drug-likeness (QED) is 0.843. The van der Waals surface area contributed by atoms with Crippen LogP contribution in [0.25, 0.3) is 0 Å². The van der Waals surface area contributed by atoms with Crippen molar-refractivity contribution in [2.24, 2.45) is 5.41 Å². The third-order valence-electron chi connectivity index (χ3n) is 5.05. The molecule has 1 spiro atoms. The molecule has 2 fully saturated rings. The van der Waals surface area contributed by atoms with Gasteiger partial charge in [-0.15, -0.1) is 0 Å². The first-order valence-electron chi connectivity index (χ1n) is 8.77. The van der Waals surface area contributed by atoms with Crippen LogP contribution in [-0.2, 0) is 14.8 Å². The molecular formula is C18H25ClN2O4S. The minimum atomic E-state index is -3.50. The summed E-state index contributed by atoms with van der Waals surface area (Å²) < 4.78 is 32.3. The van der Waals surface area contributed by atoms with E-state index in [0.29, 0.717) is 18.1 Å². The number of hydrogen-bond acceptors (Lipinski definition) is 4. The molecule has 0 aromatic heterocycles. The molecule has 144 valence electrons. The number of amides is 1. The number of ether oxygens (including phenoxy) is 1. The maximum absolute atomic E-state index is 12.7. The van der Waals surface area contributed by atoms with Crippen LogP contribution in [0.4, 0.5) is 4.79 Å². The van der Waals surface area contributed by atoms with Gasteiger partial charge in [0.15, 0.2) is 0 Å². The van der Waals surface area contributed by atoms with E-state index in [4.69, 9.17) is 16.3 Å². The van der Waals surface area contributed by atoms with Gasteiger partial charge in [0, 0.05) is 24.2 Å². The van der Waals surface area contributed by atoms with Gasteiger partial charge in [-0.05, 0) is 69.7 Å². The Labute approximate surface area is 159 Å². The summed E-state index contributed by atoms with van der Waals surface area (Å²) in [5.41, 5.74) is -0.523. The molecule has 1 N–H and O–H groups in total. The summed E-state index contributed by atoms with van der Waals surface area (Å²) in [6, 6.07) is 6.30. The number of rotatable bonds is 3. The maximum atomic E-state index is 12.7. The molecule has 3 rings (SSSR count). The topological polar surface area (TPSA) is 75.7 Å². The van der Waals surface area contributed by atoms with Gasteiger partial charge in [-0.2, -0.15) is 4.31 Å². The largest absolute Gasteiger partial charge is 0.444 e. The normalized spacial score (nSPS) is 22.8. The predicted octanol–water partition coefficient (Wildman–Crippen LogP) is 3.41. The monoisotopic (exact) mass is 400 g/mol. The lowest BCUT2D eigenvalue weighted by Gasteiger charge is -2.32. The Morgan fingerprint density at radius 2 is 1.81 bits per heavy atom. The number of sulfonamides is 1. The molecule has 1 unspecified atom stereocenters. The standard InChI is InChI=1S/C18H25ClN2O4S/c1-17(2,3)25-16(22)20-15-12-18(15)8-10-21(11-9-18)26(23,24)14-6-4-13(19)5-7-14/h4-7,15H,8-12H2,1-3H3,(H,20,22). The summed E-state index contributed by atoms with van der Waals surface area (Å²) in [7, 11) is -3.50. The fraction of sp³-hybridized carbons (Fsp3) is 0.611. The number of piperidine rings is 1. The molecule has 1 amide bonds. The molecule has 1 heterocycles. The Hall–Kier alpha value is -1.31. The van der Waals surface area contributed by atoms with Crippen molar-refractivity contribution in [3.63, 3.8) is 0 Å². The van der Waals surface area contributed by atoms with Gasteiger partial charge in [-0.25, -0.2) is 13.2 Å². The van der Waals surface area contributed by atoms with Gasteiger partial charge < -0.3 is 10.1 Å². The summed E-state index contributed by atoms with van der Waals surface area (Å²) in [4.78, 5) is 12.2. The van der Waals surface area contributed by atoms with Gasteiger partial charge in [0.1, 0.15) is 5.60 Å². The lowest BCUT2D eigenvalue weighted by molar-refractivity contribution is 0.0511. The Kier molecular flexibility index (Phi) is 5.01. The first-order chi connectivity index (χ1) is 12.0. The highest BCUT2D eigenvalue weighted by Crippen LogP contribution is 2.54. The SMILES string of the molecule is CC(C)(C)OC(=O)NC1CC12CCN(S(=O)(=O)c1ccc(Cl)cc1)CC2. The van der Waals surface area contributed by atoms with Crippen LogP contribution in [0.2, 0.25) is 5.02 Å². The number of halogens is 1. The van der Waals surface area contributed by atoms with Crippen molar-refractivity contribution in [3.05, 3.63) is 29.3 Å². The number of nitrogens with one attached hydrogen (secondary N) is 1. The van der Waals surface area contributed by atoms with Crippen molar-refractivity contribution in [1.82, 2.24) is 9.62 Å². The lowest BCUT2D eigenvalue weighted by Crippen LogP contribution is -2.42. The molecule has 0 bridgehead atoms. The summed E-state index contributed by atoms with van der Waals surface area (Å²) >= 11 is 5.84. The van der Waals surface area contributed by atoms with Crippen molar-refractivity contribution in [1.29, 1.82) is 0 Å². The average molecular weight is 401 g/mol. The zero-order valence-electron chi connectivity index (χ0n) is 15.3. The highest BCUT2D eigenvalue weighted by Gasteiger charge is 2.56. The summed E-state index contributed by atoms with van der Waals surface area (Å²) in [5.74, 6) is 0. The van der Waals surface area contributed by atoms with Crippen molar-refractivity contribution in [2.75, 3.05) is 13.1 Å². The molecule has 1 saturated carbocycles. The first kappa shape index (κ1) is 19.5. The minimum absolute atomic E-state index is 0.00290. The molecule has 1 saturated heterocycles. The van der Waals surface area contributed by atoms with Gasteiger partial charge in [0.2, 0.25) is 10.0 Å². The Morgan fingerprint density at radius 1 is 1.23 bits per heavy atom. The molecule has 6 nitrogen and oxygen atoms in total. The van der Waals surface area contributed by atoms with E-state index < -0.39 is 21.7 Å². The molecule has 1 aliphatic heterocycles. The van der Waals surface area contributed by atoms with Crippen molar-refractivity contribution < 1.29 is 17.9 Å². The van der Waals surface area contributed by atoms with Crippen LogP contribution in [0.15, 0.2) is 29.2 Å². The Morgan fingerprint density at radius 3 is 2.35 bits per heavy atom. The van der Waals surface area contributed by atoms with Gasteiger partial charge in [0.25, 0.3) is 0 Å². The summed E-state index contributed by atoms with van der Waals surface area (Å²) in [6.45, 7) is 6.40. The van der Waals surface area contributed by atoms with E-state index in [-0.39, 0.29) is 16.4 Å². The number of carbonyl (C=O) groups is 1. The number of nitrogens with zero attached hydrogens (tertiary/aromatic N) is 1. The van der Waals surface area contributed by atoms with Crippen molar-refractivity contribution >= 4 is 27.7 Å². The summed E-state index contributed by atoms with van der Waals surface area (Å²) in [6.07, 6.45) is 1.94. The second kappa shape index (κ2) is 6.69.